The Kier molecular flexibility index (Phi) is 7.24. The van der Waals surface area contributed by atoms with E-state index in [0.29, 0.717) is 16.2 Å². The molecule has 1 aromatic carbocycles. The van der Waals surface area contributed by atoms with Gasteiger partial charge in [0.15, 0.2) is 6.10 Å². The number of aryl methyl sites for hydroxylation is 2. The number of ether oxygens (including phenoxy) is 1. The van der Waals surface area contributed by atoms with Gasteiger partial charge in [-0.25, -0.2) is 4.39 Å². The molecule has 1 saturated carbocycles. The second-order valence-electron chi connectivity index (χ2n) is 8.39. The van der Waals surface area contributed by atoms with Gasteiger partial charge in [-0.2, -0.15) is 10.2 Å². The highest BCUT2D eigenvalue weighted by molar-refractivity contribution is 7.19. The highest BCUT2D eigenvalue weighted by Gasteiger charge is 2.26. The van der Waals surface area contributed by atoms with E-state index in [0.717, 1.165) is 42.5 Å². The summed E-state index contributed by atoms with van der Waals surface area (Å²) in [5.74, 6) is -0.563. The Hall–Kier alpha value is -2.98. The topological polar surface area (TPSA) is 102 Å². The van der Waals surface area contributed by atoms with Crippen molar-refractivity contribution < 1.29 is 13.9 Å². The molecule has 33 heavy (non-hydrogen) atoms. The van der Waals surface area contributed by atoms with Crippen molar-refractivity contribution in [1.82, 2.24) is 20.4 Å². The van der Waals surface area contributed by atoms with Crippen LogP contribution in [0.2, 0.25) is 0 Å². The van der Waals surface area contributed by atoms with E-state index in [1.165, 1.54) is 24.5 Å². The molecule has 2 aromatic heterocycles. The molecule has 0 aliphatic heterocycles. The molecule has 1 fully saturated rings. The highest BCUT2D eigenvalue weighted by atomic mass is 32.1. The Morgan fingerprint density at radius 3 is 2.58 bits per heavy atom. The zero-order valence-corrected chi connectivity index (χ0v) is 19.7. The van der Waals surface area contributed by atoms with E-state index >= 15 is 0 Å². The molecule has 10 heteroatoms. The SMILES string of the molecule is COC(C(=O)Nc1nnc(NC2CCC(c3cc(C)cnn3)CC2)s1)c1cc(C)ccc1F. The lowest BCUT2D eigenvalue weighted by Crippen LogP contribution is -2.25. The maximum atomic E-state index is 14.2. The zero-order valence-electron chi connectivity index (χ0n) is 18.8. The van der Waals surface area contributed by atoms with Crippen LogP contribution in [0.15, 0.2) is 30.5 Å². The summed E-state index contributed by atoms with van der Waals surface area (Å²) in [5, 5.41) is 23.6. The van der Waals surface area contributed by atoms with E-state index in [-0.39, 0.29) is 11.6 Å². The van der Waals surface area contributed by atoms with Crippen LogP contribution in [0, 0.1) is 19.7 Å². The van der Waals surface area contributed by atoms with Gasteiger partial charge in [0.05, 0.1) is 11.9 Å². The summed E-state index contributed by atoms with van der Waals surface area (Å²) < 4.78 is 19.5. The number of hydrogen-bond acceptors (Lipinski definition) is 8. The second kappa shape index (κ2) is 10.3. The number of carbonyl (C=O) groups excluding carboxylic acids is 1. The van der Waals surface area contributed by atoms with E-state index in [4.69, 9.17) is 4.74 Å². The lowest BCUT2D eigenvalue weighted by atomic mass is 9.84. The monoisotopic (exact) mass is 470 g/mol. The molecule has 1 amide bonds. The third-order valence-corrected chi connectivity index (χ3v) is 6.62. The highest BCUT2D eigenvalue weighted by Crippen LogP contribution is 2.34. The lowest BCUT2D eigenvalue weighted by Gasteiger charge is -2.28. The molecule has 2 heterocycles. The number of methoxy groups -OCH3 is 1. The number of carbonyl (C=O) groups is 1. The first kappa shape index (κ1) is 23.2. The average molecular weight is 471 g/mol. The maximum Gasteiger partial charge on any atom is 0.260 e. The minimum atomic E-state index is -1.08. The summed E-state index contributed by atoms with van der Waals surface area (Å²) in [6.45, 7) is 3.86. The normalized spacial score (nSPS) is 19.2. The first-order chi connectivity index (χ1) is 15.9. The van der Waals surface area contributed by atoms with Gasteiger partial charge in [0, 0.05) is 24.6 Å². The maximum absolute atomic E-state index is 14.2. The van der Waals surface area contributed by atoms with Gasteiger partial charge in [-0.15, -0.1) is 10.2 Å². The second-order valence-corrected chi connectivity index (χ2v) is 9.37. The van der Waals surface area contributed by atoms with Crippen LogP contribution < -0.4 is 10.6 Å². The first-order valence-corrected chi connectivity index (χ1v) is 11.7. The molecule has 0 bridgehead atoms. The fraction of sp³-hybridized carbons (Fsp3) is 0.435. The molecule has 4 rings (SSSR count). The molecule has 0 saturated heterocycles. The van der Waals surface area contributed by atoms with Crippen molar-refractivity contribution in [3.8, 4) is 0 Å². The molecular formula is C23H27FN6O2S. The summed E-state index contributed by atoms with van der Waals surface area (Å²) in [7, 11) is 1.37. The number of halogens is 1. The zero-order chi connectivity index (χ0) is 23.4. The van der Waals surface area contributed by atoms with Crippen LogP contribution in [-0.2, 0) is 9.53 Å². The molecule has 1 aliphatic rings. The molecule has 1 aliphatic carbocycles. The number of aromatic nitrogens is 4. The van der Waals surface area contributed by atoms with Gasteiger partial charge in [-0.05, 0) is 57.2 Å². The Labute approximate surface area is 196 Å². The third-order valence-electron chi connectivity index (χ3n) is 5.85. The molecule has 174 valence electrons. The third kappa shape index (κ3) is 5.69. The van der Waals surface area contributed by atoms with E-state index in [1.54, 1.807) is 18.3 Å². The summed E-state index contributed by atoms with van der Waals surface area (Å²) >= 11 is 1.25. The Morgan fingerprint density at radius 2 is 1.85 bits per heavy atom. The smallest absolute Gasteiger partial charge is 0.260 e. The van der Waals surface area contributed by atoms with Crippen molar-refractivity contribution in [1.29, 1.82) is 0 Å². The molecule has 8 nitrogen and oxygen atoms in total. The van der Waals surface area contributed by atoms with Crippen molar-refractivity contribution in [2.75, 3.05) is 17.7 Å². The minimum absolute atomic E-state index is 0.188. The molecule has 1 unspecified atom stereocenters. The lowest BCUT2D eigenvalue weighted by molar-refractivity contribution is -0.126. The van der Waals surface area contributed by atoms with Gasteiger partial charge in [0.2, 0.25) is 10.3 Å². The Balaban J connectivity index is 1.33. The average Bonchev–Trinajstić information content (AvgIpc) is 3.23. The number of anilines is 2. The van der Waals surface area contributed by atoms with Gasteiger partial charge < -0.3 is 10.1 Å². The van der Waals surface area contributed by atoms with Crippen molar-refractivity contribution >= 4 is 27.5 Å². The van der Waals surface area contributed by atoms with Gasteiger partial charge in [-0.3, -0.25) is 10.1 Å². The van der Waals surface area contributed by atoms with Crippen LogP contribution in [0.4, 0.5) is 14.7 Å². The summed E-state index contributed by atoms with van der Waals surface area (Å²) in [6, 6.07) is 6.98. The van der Waals surface area contributed by atoms with E-state index in [2.05, 4.69) is 37.1 Å². The standard InChI is InChI=1S/C23H27FN6O2S/c1-13-4-9-18(24)17(10-13)20(32-3)21(31)27-23-30-29-22(33-23)26-16-7-5-15(6-8-16)19-11-14(2)12-25-28-19/h4,9-12,15-16,20H,5-8H2,1-3H3,(H,26,29)(H,27,30,31). The fourth-order valence-corrected chi connectivity index (χ4v) is 4.86. The van der Waals surface area contributed by atoms with E-state index < -0.39 is 17.8 Å². The number of hydrogen-bond donors (Lipinski definition) is 2. The van der Waals surface area contributed by atoms with Gasteiger partial charge in [-0.1, -0.05) is 29.0 Å². The van der Waals surface area contributed by atoms with Crippen LogP contribution in [0.1, 0.15) is 60.1 Å². The Bertz CT molecular complexity index is 1120. The van der Waals surface area contributed by atoms with Crippen LogP contribution in [0.3, 0.4) is 0 Å². The van der Waals surface area contributed by atoms with Crippen LogP contribution in [0.25, 0.3) is 0 Å². The largest absolute Gasteiger partial charge is 0.367 e. The van der Waals surface area contributed by atoms with E-state index in [9.17, 15) is 9.18 Å². The predicted octanol–water partition coefficient (Wildman–Crippen LogP) is 4.55. The van der Waals surface area contributed by atoms with Gasteiger partial charge >= 0.3 is 0 Å². The number of nitrogens with zero attached hydrogens (tertiary/aromatic N) is 4. The number of rotatable bonds is 7. The molecule has 0 spiro atoms. The first-order valence-electron chi connectivity index (χ1n) is 10.9. The molecular weight excluding hydrogens is 443 g/mol. The summed E-state index contributed by atoms with van der Waals surface area (Å²) in [5.41, 5.74) is 3.22. The van der Waals surface area contributed by atoms with Crippen molar-refractivity contribution in [2.45, 2.75) is 57.6 Å². The van der Waals surface area contributed by atoms with Crippen LogP contribution >= 0.6 is 11.3 Å². The number of amides is 1. The molecule has 3 aromatic rings. The predicted molar refractivity (Wildman–Crippen MR) is 125 cm³/mol. The van der Waals surface area contributed by atoms with Crippen molar-refractivity contribution in [3.05, 3.63) is 58.7 Å². The Morgan fingerprint density at radius 1 is 1.09 bits per heavy atom. The number of benzene rings is 1. The van der Waals surface area contributed by atoms with Crippen LogP contribution in [-0.4, -0.2) is 39.5 Å². The summed E-state index contributed by atoms with van der Waals surface area (Å²) in [4.78, 5) is 12.7. The summed E-state index contributed by atoms with van der Waals surface area (Å²) in [6.07, 6.45) is 4.71. The van der Waals surface area contributed by atoms with Crippen LogP contribution in [0.5, 0.6) is 0 Å². The van der Waals surface area contributed by atoms with Crippen molar-refractivity contribution in [3.63, 3.8) is 0 Å². The van der Waals surface area contributed by atoms with Gasteiger partial charge in [0.25, 0.3) is 5.91 Å². The van der Waals surface area contributed by atoms with Crippen molar-refractivity contribution in [2.24, 2.45) is 0 Å². The molecule has 1 atom stereocenters. The minimum Gasteiger partial charge on any atom is -0.367 e. The van der Waals surface area contributed by atoms with E-state index in [1.807, 2.05) is 13.8 Å². The van der Waals surface area contributed by atoms with Gasteiger partial charge in [0.1, 0.15) is 5.82 Å². The fourth-order valence-electron chi connectivity index (χ4n) is 4.14. The molecule has 2 N–H and O–H groups in total. The quantitative estimate of drug-likeness (QED) is 0.522. The number of nitrogens with one attached hydrogen (secondary N) is 2. The molecule has 0 radical (unpaired) electrons.